The van der Waals surface area contributed by atoms with E-state index in [1.807, 2.05) is 4.98 Å². The highest BCUT2D eigenvalue weighted by molar-refractivity contribution is 7.75. The van der Waals surface area contributed by atoms with Crippen LogP contribution in [0.5, 0.6) is 0 Å². The van der Waals surface area contributed by atoms with Gasteiger partial charge in [-0.2, -0.15) is 8.78 Å². The summed E-state index contributed by atoms with van der Waals surface area (Å²) in [6.07, 6.45) is -1.62. The van der Waals surface area contributed by atoms with Crippen LogP contribution >= 0.6 is 23.0 Å². The number of azide groups is 1. The molecule has 0 aromatic carbocycles. The normalized spacial score (nSPS) is 26.1. The smallest absolute Gasteiger partial charge is 0.352 e. The van der Waals surface area contributed by atoms with E-state index in [2.05, 4.69) is 23.4 Å². The summed E-state index contributed by atoms with van der Waals surface area (Å²) in [6, 6.07) is -1.15. The van der Waals surface area contributed by atoms with Gasteiger partial charge in [0.05, 0.1) is 18.8 Å². The van der Waals surface area contributed by atoms with Crippen LogP contribution in [0.1, 0.15) is 18.2 Å². The Labute approximate surface area is 187 Å². The number of ether oxygens (including phenoxy) is 1. The molecule has 1 aromatic heterocycles. The summed E-state index contributed by atoms with van der Waals surface area (Å²) in [5.74, 6) is 0. The summed E-state index contributed by atoms with van der Waals surface area (Å²) >= 11 is 0. The fourth-order valence-corrected chi connectivity index (χ4v) is 6.78. The number of phosphoric ester groups is 1. The van der Waals surface area contributed by atoms with Crippen LogP contribution in [0.2, 0.25) is 0 Å². The van der Waals surface area contributed by atoms with Crippen LogP contribution in [0.15, 0.2) is 20.9 Å². The van der Waals surface area contributed by atoms with Crippen molar-refractivity contribution in [3.8, 4) is 0 Å². The van der Waals surface area contributed by atoms with Crippen LogP contribution in [0, 0.1) is 6.92 Å². The maximum atomic E-state index is 13.8. The van der Waals surface area contributed by atoms with Gasteiger partial charge < -0.3 is 23.9 Å². The number of aromatic nitrogens is 2. The van der Waals surface area contributed by atoms with Gasteiger partial charge in [0.25, 0.3) is 5.56 Å². The van der Waals surface area contributed by atoms with E-state index >= 15 is 0 Å². The van der Waals surface area contributed by atoms with Crippen LogP contribution in [-0.4, -0.2) is 55.5 Å². The van der Waals surface area contributed by atoms with Gasteiger partial charge in [-0.05, 0) is 12.5 Å². The van der Waals surface area contributed by atoms with E-state index in [1.165, 1.54) is 6.92 Å². The first kappa shape index (κ1) is 28.5. The number of hydrogen-bond donors (Lipinski definition) is 4. The van der Waals surface area contributed by atoms with Gasteiger partial charge in [0, 0.05) is 30.2 Å². The van der Waals surface area contributed by atoms with Crippen molar-refractivity contribution in [2.24, 2.45) is 5.11 Å². The number of hydrogen-bond acceptors (Lipinski definition) is 10. The molecule has 1 aliphatic rings. The highest BCUT2D eigenvalue weighted by Gasteiger charge is 2.68. The zero-order valence-corrected chi connectivity index (χ0v) is 19.8. The fraction of sp³-hybridized carbons (Fsp3) is 0.667. The third-order valence-corrected chi connectivity index (χ3v) is 9.96. The second-order valence-corrected chi connectivity index (χ2v) is 12.5. The summed E-state index contributed by atoms with van der Waals surface area (Å²) in [7, 11) is -18.2. The van der Waals surface area contributed by atoms with Crippen molar-refractivity contribution < 1.29 is 55.3 Å². The minimum absolute atomic E-state index is 0.119. The third kappa shape index (κ3) is 5.90. The molecule has 1 aromatic rings. The molecule has 1 fully saturated rings. The van der Waals surface area contributed by atoms with Gasteiger partial charge in [0.15, 0.2) is 0 Å². The first-order valence-electron chi connectivity index (χ1n) is 8.77. The molecule has 192 valence electrons. The SMILES string of the molecule is COP(=O)(O)C(F)(F)P(=O)(O)OP(=O)(O)OC[C@@H]1O[C@H](n2cc(C)c(=O)[nH]c2=O)C[C@H]1N=[N+]=[N-]. The minimum Gasteiger partial charge on any atom is -0.352 e. The molecule has 1 aliphatic heterocycles. The average Bonchev–Trinajstić information content (AvgIpc) is 3.11. The number of H-pyrrole nitrogens is 1. The van der Waals surface area contributed by atoms with Crippen molar-refractivity contribution in [1.29, 1.82) is 0 Å². The minimum atomic E-state index is -6.63. The molecule has 34 heavy (non-hydrogen) atoms. The van der Waals surface area contributed by atoms with E-state index in [0.717, 1.165) is 10.8 Å². The highest BCUT2D eigenvalue weighted by atomic mass is 31.3. The van der Waals surface area contributed by atoms with Gasteiger partial charge in [0.1, 0.15) is 6.23 Å². The lowest BCUT2D eigenvalue weighted by molar-refractivity contribution is -0.0268. The quantitative estimate of drug-likeness (QED) is 0.139. The number of aryl methyl sites for hydroxylation is 1. The van der Waals surface area contributed by atoms with E-state index in [9.17, 15) is 41.9 Å². The van der Waals surface area contributed by atoms with Crippen molar-refractivity contribution in [1.82, 2.24) is 9.55 Å². The van der Waals surface area contributed by atoms with E-state index < -0.39 is 64.6 Å². The highest BCUT2D eigenvalue weighted by Crippen LogP contribution is 2.78. The molecule has 4 N–H and O–H groups in total. The van der Waals surface area contributed by atoms with E-state index in [4.69, 9.17) is 15.2 Å². The van der Waals surface area contributed by atoms with Crippen LogP contribution < -0.4 is 11.2 Å². The van der Waals surface area contributed by atoms with E-state index in [-0.39, 0.29) is 12.0 Å². The summed E-state index contributed by atoms with van der Waals surface area (Å²) in [5.41, 5.74) is 7.26. The number of aromatic amines is 1. The standard InChI is InChI=1S/C12H18F2N5O12P3/c1-6-4-19(11(21)16-10(6)20)9-3-7(17-18-15)8(30-9)5-29-34(26,27)31-33(24,25)12(13,14)32(22,23)28-2/h4,7-9H,3,5H2,1-2H3,(H,22,23)(H,24,25)(H,26,27)(H,16,20,21)/t7-,8+,9+/m1/s1. The molecule has 0 radical (unpaired) electrons. The molecule has 0 bridgehead atoms. The molecular weight excluding hydrogens is 537 g/mol. The molecule has 6 atom stereocenters. The summed E-state index contributed by atoms with van der Waals surface area (Å²) in [4.78, 5) is 56.1. The number of rotatable bonds is 10. The van der Waals surface area contributed by atoms with E-state index in [0.29, 0.717) is 7.11 Å². The first-order chi connectivity index (χ1) is 15.5. The molecule has 1 saturated heterocycles. The second-order valence-electron chi connectivity index (χ2n) is 6.69. The second kappa shape index (κ2) is 10.1. The largest absolute Gasteiger partial charge is 0.479 e. The average molecular weight is 555 g/mol. The number of halogens is 2. The lowest BCUT2D eigenvalue weighted by Crippen LogP contribution is -2.33. The topological polar surface area (TPSA) is 252 Å². The molecule has 17 nitrogen and oxygen atoms in total. The van der Waals surface area contributed by atoms with Gasteiger partial charge in [-0.15, -0.1) is 0 Å². The molecule has 0 saturated carbocycles. The maximum absolute atomic E-state index is 13.8. The molecule has 0 aliphatic carbocycles. The Morgan fingerprint density at radius 2 is 1.94 bits per heavy atom. The molecule has 22 heteroatoms. The Morgan fingerprint density at radius 1 is 1.32 bits per heavy atom. The predicted molar refractivity (Wildman–Crippen MR) is 106 cm³/mol. The zero-order chi connectivity index (χ0) is 26.1. The summed E-state index contributed by atoms with van der Waals surface area (Å²) in [5, 5.41) is -2.12. The Balaban J connectivity index is 2.20. The molecule has 2 rings (SSSR count). The maximum Gasteiger partial charge on any atom is 0.479 e. The molecule has 3 unspecified atom stereocenters. The van der Waals surface area contributed by atoms with Gasteiger partial charge in [-0.1, -0.05) is 5.11 Å². The Kier molecular flexibility index (Phi) is 8.46. The molecule has 0 amide bonds. The summed E-state index contributed by atoms with van der Waals surface area (Å²) < 4.78 is 80.6. The van der Waals surface area contributed by atoms with Crippen molar-refractivity contribution in [3.63, 3.8) is 0 Å². The van der Waals surface area contributed by atoms with Gasteiger partial charge >= 0.3 is 34.1 Å². The van der Waals surface area contributed by atoms with Crippen molar-refractivity contribution >= 4 is 23.0 Å². The van der Waals surface area contributed by atoms with Gasteiger partial charge in [-0.25, -0.2) is 13.7 Å². The lowest BCUT2D eigenvalue weighted by atomic mass is 10.1. The van der Waals surface area contributed by atoms with Crippen LogP contribution in [0.4, 0.5) is 8.78 Å². The van der Waals surface area contributed by atoms with Crippen LogP contribution in [0.3, 0.4) is 0 Å². The lowest BCUT2D eigenvalue weighted by Gasteiger charge is -2.25. The van der Waals surface area contributed by atoms with Crippen molar-refractivity contribution in [3.05, 3.63) is 43.0 Å². The number of nitrogens with zero attached hydrogens (tertiary/aromatic N) is 4. The van der Waals surface area contributed by atoms with Gasteiger partial charge in [0.2, 0.25) is 0 Å². The third-order valence-electron chi connectivity index (χ3n) is 4.40. The Hall–Kier alpha value is -1.74. The van der Waals surface area contributed by atoms with Crippen LogP contribution in [-0.2, 0) is 31.8 Å². The van der Waals surface area contributed by atoms with Crippen molar-refractivity contribution in [2.45, 2.75) is 37.1 Å². The summed E-state index contributed by atoms with van der Waals surface area (Å²) in [6.45, 7) is 0.337. The Bertz CT molecular complexity index is 1250. The Morgan fingerprint density at radius 3 is 2.50 bits per heavy atom. The number of nitrogens with one attached hydrogen (secondary N) is 1. The first-order valence-corrected chi connectivity index (χ1v) is 13.4. The predicted octanol–water partition coefficient (Wildman–Crippen LogP) is 1.51. The molecular formula is C12H18F2N5O12P3. The van der Waals surface area contributed by atoms with Gasteiger partial charge in [-0.3, -0.25) is 28.0 Å². The van der Waals surface area contributed by atoms with Crippen molar-refractivity contribution in [2.75, 3.05) is 13.7 Å². The molecule has 0 spiro atoms. The monoisotopic (exact) mass is 555 g/mol. The van der Waals surface area contributed by atoms with Crippen LogP contribution in [0.25, 0.3) is 10.4 Å². The fourth-order valence-electron chi connectivity index (χ4n) is 2.67. The molecule has 2 heterocycles. The number of alkyl halides is 2. The zero-order valence-electron chi connectivity index (χ0n) is 17.1. The van der Waals surface area contributed by atoms with E-state index in [1.54, 1.807) is 0 Å². The number of phosphoric acid groups is 1.